The van der Waals surface area contributed by atoms with E-state index in [0.29, 0.717) is 29.1 Å². The first-order valence-electron chi connectivity index (χ1n) is 20.0. The van der Waals surface area contributed by atoms with Crippen LogP contribution in [0.15, 0.2) is 59.1 Å². The van der Waals surface area contributed by atoms with Crippen LogP contribution >= 0.6 is 11.8 Å². The number of alkyl carbamates (subject to hydrolysis) is 1. The molecule has 3 aliphatic heterocycles. The van der Waals surface area contributed by atoms with Gasteiger partial charge in [-0.15, -0.1) is 11.8 Å². The number of fused-ring (bicyclic) bond motifs is 1. The Hall–Kier alpha value is -4.85. The topological polar surface area (TPSA) is 219 Å². The first-order chi connectivity index (χ1) is 28.1. The summed E-state index contributed by atoms with van der Waals surface area (Å²) in [6, 6.07) is 9.98. The summed E-state index contributed by atoms with van der Waals surface area (Å²) in [6.45, 7) is 18.3. The molecule has 17 nitrogen and oxygen atoms in total. The molecular weight excluding hydrogens is 815 g/mol. The number of hydrogen-bond acceptors (Lipinski definition) is 13. The van der Waals surface area contributed by atoms with Crippen LogP contribution in [0.5, 0.6) is 0 Å². The number of nitro groups is 2. The van der Waals surface area contributed by atoms with Gasteiger partial charge in [0, 0.05) is 53.5 Å². The first kappa shape index (κ1) is 46.2. The van der Waals surface area contributed by atoms with Gasteiger partial charge < -0.3 is 34.2 Å². The van der Waals surface area contributed by atoms with Crippen LogP contribution in [-0.4, -0.2) is 89.6 Å². The zero-order valence-corrected chi connectivity index (χ0v) is 37.2. The molecule has 3 aliphatic rings. The van der Waals surface area contributed by atoms with E-state index >= 15 is 0 Å². The Morgan fingerprint density at radius 2 is 1.50 bits per heavy atom. The third-order valence-electron chi connectivity index (χ3n) is 11.7. The number of amides is 3. The quantitative estimate of drug-likeness (QED) is 0.0563. The largest absolute Gasteiger partial charge is 0.456 e. The zero-order valence-electron chi connectivity index (χ0n) is 35.4. The van der Waals surface area contributed by atoms with E-state index in [-0.39, 0.29) is 70.9 Å². The number of nitrogens with zero attached hydrogens (tertiary/aromatic N) is 3. The van der Waals surface area contributed by atoms with Crippen molar-refractivity contribution in [1.29, 1.82) is 0 Å². The highest BCUT2D eigenvalue weighted by molar-refractivity contribution is 8.03. The molecule has 2 fully saturated rings. The number of non-ortho nitro benzene ring substituents is 2. The van der Waals surface area contributed by atoms with Crippen LogP contribution in [0.3, 0.4) is 0 Å². The maximum Gasteiger partial charge on any atom is 0.408 e. The Bertz CT molecular complexity index is 1990. The highest BCUT2D eigenvalue weighted by Gasteiger charge is 2.61. The number of hydrogen-bond donors (Lipinski definition) is 2. The van der Waals surface area contributed by atoms with Gasteiger partial charge in [-0.05, 0) is 72.8 Å². The summed E-state index contributed by atoms with van der Waals surface area (Å²) >= 11 is 1.43. The molecule has 7 atom stereocenters. The molecule has 2 aromatic rings. The van der Waals surface area contributed by atoms with Gasteiger partial charge in [0.05, 0.1) is 34.0 Å². The fourth-order valence-corrected chi connectivity index (χ4v) is 10.2. The third-order valence-corrected chi connectivity index (χ3v) is 18.0. The van der Waals surface area contributed by atoms with Crippen LogP contribution in [0, 0.1) is 38.0 Å². The number of carbonyl (C=O) groups excluding carboxylic acids is 4. The van der Waals surface area contributed by atoms with E-state index in [1.54, 1.807) is 13.8 Å². The summed E-state index contributed by atoms with van der Waals surface area (Å²) in [5.74, 6) is -2.41. The second kappa shape index (κ2) is 18.8. The number of carbonyl (C=O) groups is 4. The number of ether oxygens (including phenoxy) is 3. The smallest absolute Gasteiger partial charge is 0.408 e. The van der Waals surface area contributed by atoms with Crippen molar-refractivity contribution in [2.45, 2.75) is 116 Å². The molecule has 2 saturated heterocycles. The van der Waals surface area contributed by atoms with Gasteiger partial charge in [-0.1, -0.05) is 41.5 Å². The van der Waals surface area contributed by atoms with Crippen LogP contribution < -0.4 is 10.6 Å². The highest BCUT2D eigenvalue weighted by atomic mass is 32.2. The standard InChI is InChI=1S/C41H55N5O12SSi/c1-23(2)33(43-40(50)57-22-27-12-16-29(17-13-27)46(53)54)37(47)42-20-30-31(18-19-55-30)59-36-24(3)34-32(25(4)58-60(8,9)41(5,6)7)38(48)44(34)35(36)39(49)56-21-26-10-14-28(15-11-26)45(51)52/h10-17,23-25,30-34H,18-22H2,1-9H3,(H,42,47)(H,43,50)/t24-,25-,30-,31-,32-,33+,34-/m1/s1. The Labute approximate surface area is 354 Å². The van der Waals surface area contributed by atoms with E-state index in [2.05, 4.69) is 44.5 Å². The molecule has 3 heterocycles. The van der Waals surface area contributed by atoms with E-state index in [4.69, 9.17) is 18.6 Å². The van der Waals surface area contributed by atoms with E-state index in [9.17, 15) is 39.4 Å². The molecule has 0 bridgehead atoms. The molecule has 19 heteroatoms. The van der Waals surface area contributed by atoms with Gasteiger partial charge in [-0.3, -0.25) is 29.8 Å². The van der Waals surface area contributed by atoms with Crippen molar-refractivity contribution < 1.29 is 47.7 Å². The van der Waals surface area contributed by atoms with Crippen molar-refractivity contribution in [3.8, 4) is 0 Å². The lowest BCUT2D eigenvalue weighted by molar-refractivity contribution is -0.385. The third kappa shape index (κ3) is 10.4. The molecule has 0 aromatic heterocycles. The minimum atomic E-state index is -2.25. The molecule has 3 amide bonds. The van der Waals surface area contributed by atoms with Gasteiger partial charge in [-0.2, -0.15) is 0 Å². The van der Waals surface area contributed by atoms with E-state index < -0.39 is 60.3 Å². The molecule has 326 valence electrons. The molecule has 0 spiro atoms. The second-order valence-corrected chi connectivity index (χ2v) is 23.3. The lowest BCUT2D eigenvalue weighted by Crippen LogP contribution is -2.65. The average Bonchev–Trinajstić information content (AvgIpc) is 3.72. The van der Waals surface area contributed by atoms with Crippen molar-refractivity contribution >= 4 is 55.3 Å². The maximum atomic E-state index is 14.0. The van der Waals surface area contributed by atoms with Crippen LogP contribution in [0.1, 0.15) is 66.0 Å². The Balaban J connectivity index is 1.28. The summed E-state index contributed by atoms with van der Waals surface area (Å²) in [4.78, 5) is 77.5. The minimum Gasteiger partial charge on any atom is -0.456 e. The monoisotopic (exact) mass is 869 g/mol. The van der Waals surface area contributed by atoms with Gasteiger partial charge in [0.1, 0.15) is 25.0 Å². The van der Waals surface area contributed by atoms with Gasteiger partial charge in [0.2, 0.25) is 11.8 Å². The van der Waals surface area contributed by atoms with E-state index in [0.717, 1.165) is 0 Å². The number of nitrogens with one attached hydrogen (secondary N) is 2. The number of thioether (sulfide) groups is 1. The van der Waals surface area contributed by atoms with Crippen LogP contribution in [0.2, 0.25) is 18.1 Å². The van der Waals surface area contributed by atoms with Crippen LogP contribution in [-0.2, 0) is 46.2 Å². The number of rotatable bonds is 17. The molecule has 5 rings (SSSR count). The highest BCUT2D eigenvalue weighted by Crippen LogP contribution is 2.53. The fourth-order valence-electron chi connectivity index (χ4n) is 7.30. The molecule has 60 heavy (non-hydrogen) atoms. The van der Waals surface area contributed by atoms with Crippen LogP contribution in [0.25, 0.3) is 0 Å². The van der Waals surface area contributed by atoms with E-state index in [1.807, 2.05) is 13.8 Å². The van der Waals surface area contributed by atoms with Crippen LogP contribution in [0.4, 0.5) is 16.2 Å². The van der Waals surface area contributed by atoms with Crippen molar-refractivity contribution in [3.63, 3.8) is 0 Å². The van der Waals surface area contributed by atoms with Gasteiger partial charge in [-0.25, -0.2) is 9.59 Å². The SMILES string of the molecule is CC(C)[C@H](NC(=O)OCc1ccc([N+](=O)[O-])cc1)C(=O)NC[C@H]1OCC[C@H]1SC1=C(C(=O)OCc2ccc([N+](=O)[O-])cc2)N2C(=O)[C@H]([C@@H](C)O[Si](C)(C)C(C)(C)C)[C@H]2[C@H]1C. The molecular formula is C41H55N5O12SSi. The molecule has 2 aromatic carbocycles. The summed E-state index contributed by atoms with van der Waals surface area (Å²) in [5.41, 5.74) is 1.06. The zero-order chi connectivity index (χ0) is 44.3. The Kier molecular flexibility index (Phi) is 14.5. The molecule has 2 N–H and O–H groups in total. The predicted molar refractivity (Wildman–Crippen MR) is 225 cm³/mol. The molecule has 0 aliphatic carbocycles. The summed E-state index contributed by atoms with van der Waals surface area (Å²) < 4.78 is 23.8. The molecule has 0 saturated carbocycles. The van der Waals surface area contributed by atoms with Crippen molar-refractivity contribution in [3.05, 3.63) is 90.5 Å². The molecule has 0 radical (unpaired) electrons. The number of esters is 1. The van der Waals surface area contributed by atoms with Gasteiger partial charge in [0.25, 0.3) is 11.4 Å². The first-order valence-corrected chi connectivity index (χ1v) is 23.8. The van der Waals surface area contributed by atoms with Crippen molar-refractivity contribution in [2.75, 3.05) is 13.2 Å². The summed E-state index contributed by atoms with van der Waals surface area (Å²) in [7, 11) is -2.25. The number of nitro benzene ring substituents is 2. The Morgan fingerprint density at radius 1 is 0.950 bits per heavy atom. The number of benzene rings is 2. The fraction of sp³-hybridized carbons (Fsp3) is 0.561. The predicted octanol–water partition coefficient (Wildman–Crippen LogP) is 6.60. The van der Waals surface area contributed by atoms with E-state index in [1.165, 1.54) is 65.2 Å². The minimum absolute atomic E-state index is 0.0836. The second-order valence-electron chi connectivity index (χ2n) is 17.3. The van der Waals surface area contributed by atoms with Crippen molar-refractivity contribution in [1.82, 2.24) is 15.5 Å². The summed E-state index contributed by atoms with van der Waals surface area (Å²) in [6.07, 6.45) is -1.10. The van der Waals surface area contributed by atoms with Gasteiger partial charge in [0.15, 0.2) is 8.32 Å². The number of β-lactam (4-membered cyclic amide) rings is 1. The maximum absolute atomic E-state index is 14.0. The molecule has 0 unspecified atom stereocenters. The normalized spacial score (nSPS) is 22.5. The Morgan fingerprint density at radius 3 is 2.02 bits per heavy atom. The lowest BCUT2D eigenvalue weighted by Gasteiger charge is -2.50. The summed E-state index contributed by atoms with van der Waals surface area (Å²) in [5, 5.41) is 27.3. The van der Waals surface area contributed by atoms with Crippen molar-refractivity contribution in [2.24, 2.45) is 17.8 Å². The van der Waals surface area contributed by atoms with Gasteiger partial charge >= 0.3 is 12.1 Å². The lowest BCUT2D eigenvalue weighted by atomic mass is 9.79. The average molecular weight is 870 g/mol.